The Bertz CT molecular complexity index is 749. The van der Waals surface area contributed by atoms with E-state index >= 15 is 0 Å². The summed E-state index contributed by atoms with van der Waals surface area (Å²) in [5, 5.41) is 1.86. The number of carbonyl (C=O) groups is 1. The molecule has 3 rings (SSSR count). The van der Waals surface area contributed by atoms with Crippen LogP contribution in [0.15, 0.2) is 22.4 Å². The first-order valence-corrected chi connectivity index (χ1v) is 9.09. The standard InChI is InChI=1S/C16H22N4O3S/c1-2-8-23-12-15(22)19-5-3-18(4-6-19)11-13-10-14(21)20-7-9-24-16(20)17-13/h7,9-10H,2-6,8,11-12H2,1H3. The normalized spacial score (nSPS) is 16.0. The van der Waals surface area contributed by atoms with E-state index in [1.54, 1.807) is 16.7 Å². The number of carbonyl (C=O) groups excluding carboxylic acids is 1. The maximum absolute atomic E-state index is 12.0. The molecule has 130 valence electrons. The summed E-state index contributed by atoms with van der Waals surface area (Å²) in [5.41, 5.74) is 0.742. The zero-order valence-corrected chi connectivity index (χ0v) is 14.6. The highest BCUT2D eigenvalue weighted by molar-refractivity contribution is 7.15. The van der Waals surface area contributed by atoms with E-state index in [-0.39, 0.29) is 18.1 Å². The molecular formula is C16H22N4O3S. The predicted octanol–water partition coefficient (Wildman–Crippen LogP) is 0.827. The van der Waals surface area contributed by atoms with Crippen molar-refractivity contribution in [3.63, 3.8) is 0 Å². The fourth-order valence-corrected chi connectivity index (χ4v) is 3.49. The van der Waals surface area contributed by atoms with E-state index in [2.05, 4.69) is 9.88 Å². The third-order valence-corrected chi connectivity index (χ3v) is 4.80. The first-order chi connectivity index (χ1) is 11.7. The second-order valence-electron chi connectivity index (χ2n) is 5.85. The van der Waals surface area contributed by atoms with E-state index < -0.39 is 0 Å². The minimum absolute atomic E-state index is 0.0434. The molecular weight excluding hydrogens is 328 g/mol. The number of ether oxygens (including phenoxy) is 1. The lowest BCUT2D eigenvalue weighted by atomic mass is 10.3. The van der Waals surface area contributed by atoms with Crippen molar-refractivity contribution in [2.24, 2.45) is 0 Å². The third kappa shape index (κ3) is 4.00. The van der Waals surface area contributed by atoms with Gasteiger partial charge in [-0.25, -0.2) is 4.98 Å². The van der Waals surface area contributed by atoms with E-state index in [0.29, 0.717) is 26.2 Å². The number of hydrogen-bond donors (Lipinski definition) is 0. The van der Waals surface area contributed by atoms with Gasteiger partial charge in [-0.05, 0) is 6.42 Å². The number of rotatable bonds is 6. The van der Waals surface area contributed by atoms with Gasteiger partial charge < -0.3 is 9.64 Å². The van der Waals surface area contributed by atoms with E-state index in [1.807, 2.05) is 17.2 Å². The second-order valence-corrected chi connectivity index (χ2v) is 6.72. The summed E-state index contributed by atoms with van der Waals surface area (Å²) < 4.78 is 6.87. The van der Waals surface area contributed by atoms with Gasteiger partial charge in [0.05, 0.1) is 5.69 Å². The molecule has 1 amide bonds. The average Bonchev–Trinajstić information content (AvgIpc) is 3.05. The number of fused-ring (bicyclic) bond motifs is 1. The molecule has 0 unspecified atom stereocenters. The van der Waals surface area contributed by atoms with Crippen LogP contribution in [0.1, 0.15) is 19.0 Å². The van der Waals surface area contributed by atoms with Gasteiger partial charge in [0.25, 0.3) is 5.56 Å². The molecule has 1 aliphatic rings. The maximum atomic E-state index is 12.0. The van der Waals surface area contributed by atoms with Crippen molar-refractivity contribution in [3.05, 3.63) is 33.7 Å². The molecule has 0 radical (unpaired) electrons. The van der Waals surface area contributed by atoms with Crippen LogP contribution in [0.2, 0.25) is 0 Å². The maximum Gasteiger partial charge on any atom is 0.258 e. The zero-order valence-electron chi connectivity index (χ0n) is 13.8. The van der Waals surface area contributed by atoms with Crippen molar-refractivity contribution in [2.75, 3.05) is 39.4 Å². The van der Waals surface area contributed by atoms with Gasteiger partial charge in [0, 0.05) is 57.0 Å². The first kappa shape index (κ1) is 17.1. The lowest BCUT2D eigenvalue weighted by Crippen LogP contribution is -2.49. The van der Waals surface area contributed by atoms with Crippen LogP contribution in [-0.4, -0.2) is 64.5 Å². The van der Waals surface area contributed by atoms with E-state index in [9.17, 15) is 9.59 Å². The lowest BCUT2D eigenvalue weighted by Gasteiger charge is -2.34. The first-order valence-electron chi connectivity index (χ1n) is 8.21. The Labute approximate surface area is 144 Å². The van der Waals surface area contributed by atoms with Crippen molar-refractivity contribution < 1.29 is 9.53 Å². The van der Waals surface area contributed by atoms with Crippen LogP contribution in [0, 0.1) is 0 Å². The van der Waals surface area contributed by atoms with Gasteiger partial charge in [-0.2, -0.15) is 0 Å². The molecule has 0 aliphatic carbocycles. The van der Waals surface area contributed by atoms with Crippen LogP contribution in [0.25, 0.3) is 4.96 Å². The topological polar surface area (TPSA) is 67.2 Å². The molecule has 0 saturated carbocycles. The largest absolute Gasteiger partial charge is 0.372 e. The van der Waals surface area contributed by atoms with E-state index in [0.717, 1.165) is 30.2 Å². The summed E-state index contributed by atoms with van der Waals surface area (Å²) in [6.45, 7) is 6.40. The molecule has 0 spiro atoms. The highest BCUT2D eigenvalue weighted by Gasteiger charge is 2.21. The van der Waals surface area contributed by atoms with Crippen LogP contribution in [-0.2, 0) is 16.1 Å². The zero-order chi connectivity index (χ0) is 16.9. The molecule has 3 heterocycles. The number of thiazole rings is 1. The quantitative estimate of drug-likeness (QED) is 0.722. The van der Waals surface area contributed by atoms with Crippen LogP contribution in [0.4, 0.5) is 0 Å². The molecule has 0 bridgehead atoms. The summed E-state index contributed by atoms with van der Waals surface area (Å²) in [5.74, 6) is 0.0551. The summed E-state index contributed by atoms with van der Waals surface area (Å²) in [4.78, 5) is 33.4. The molecule has 2 aromatic heterocycles. The van der Waals surface area contributed by atoms with Crippen LogP contribution in [0.5, 0.6) is 0 Å². The van der Waals surface area contributed by atoms with Crippen molar-refractivity contribution in [1.82, 2.24) is 19.2 Å². The Morgan fingerprint density at radius 1 is 1.33 bits per heavy atom. The van der Waals surface area contributed by atoms with E-state index in [4.69, 9.17) is 4.74 Å². The predicted molar refractivity (Wildman–Crippen MR) is 92.3 cm³/mol. The van der Waals surface area contributed by atoms with Gasteiger partial charge in [0.15, 0.2) is 4.96 Å². The number of amides is 1. The van der Waals surface area contributed by atoms with Crippen LogP contribution >= 0.6 is 11.3 Å². The second kappa shape index (κ2) is 7.87. The van der Waals surface area contributed by atoms with Gasteiger partial charge >= 0.3 is 0 Å². The molecule has 0 atom stereocenters. The van der Waals surface area contributed by atoms with Crippen LogP contribution < -0.4 is 5.56 Å². The Morgan fingerprint density at radius 2 is 2.12 bits per heavy atom. The van der Waals surface area contributed by atoms with Crippen molar-refractivity contribution >= 4 is 22.2 Å². The molecule has 7 nitrogen and oxygen atoms in total. The van der Waals surface area contributed by atoms with Crippen LogP contribution in [0.3, 0.4) is 0 Å². The molecule has 0 N–H and O–H groups in total. The average molecular weight is 350 g/mol. The van der Waals surface area contributed by atoms with Gasteiger partial charge in [-0.1, -0.05) is 6.92 Å². The highest BCUT2D eigenvalue weighted by Crippen LogP contribution is 2.10. The number of nitrogens with zero attached hydrogens (tertiary/aromatic N) is 4. The fraction of sp³-hybridized carbons (Fsp3) is 0.562. The number of piperazine rings is 1. The Kier molecular flexibility index (Phi) is 5.60. The van der Waals surface area contributed by atoms with Gasteiger partial charge in [-0.15, -0.1) is 11.3 Å². The van der Waals surface area contributed by atoms with Crippen molar-refractivity contribution in [1.29, 1.82) is 0 Å². The van der Waals surface area contributed by atoms with Gasteiger partial charge in [0.1, 0.15) is 6.61 Å². The molecule has 0 aromatic carbocycles. The Morgan fingerprint density at radius 3 is 2.88 bits per heavy atom. The van der Waals surface area contributed by atoms with Crippen molar-refractivity contribution in [3.8, 4) is 0 Å². The Hall–Kier alpha value is -1.77. The van der Waals surface area contributed by atoms with Gasteiger partial charge in [0.2, 0.25) is 5.91 Å². The molecule has 1 aliphatic heterocycles. The summed E-state index contributed by atoms with van der Waals surface area (Å²) in [6, 6.07) is 1.59. The van der Waals surface area contributed by atoms with Gasteiger partial charge in [-0.3, -0.25) is 18.9 Å². The minimum Gasteiger partial charge on any atom is -0.372 e. The summed E-state index contributed by atoms with van der Waals surface area (Å²) in [7, 11) is 0. The lowest BCUT2D eigenvalue weighted by molar-refractivity contribution is -0.138. The molecule has 24 heavy (non-hydrogen) atoms. The minimum atomic E-state index is -0.0434. The molecule has 2 aromatic rings. The smallest absolute Gasteiger partial charge is 0.258 e. The summed E-state index contributed by atoms with van der Waals surface area (Å²) >= 11 is 1.46. The highest BCUT2D eigenvalue weighted by atomic mass is 32.1. The fourth-order valence-electron chi connectivity index (χ4n) is 2.75. The van der Waals surface area contributed by atoms with E-state index in [1.165, 1.54) is 11.3 Å². The van der Waals surface area contributed by atoms with Crippen molar-refractivity contribution in [2.45, 2.75) is 19.9 Å². The molecule has 8 heteroatoms. The number of aromatic nitrogens is 2. The third-order valence-electron chi connectivity index (χ3n) is 4.04. The summed E-state index contributed by atoms with van der Waals surface area (Å²) in [6.07, 6.45) is 2.66. The SMILES string of the molecule is CCCOCC(=O)N1CCN(Cc2cc(=O)n3ccsc3n2)CC1. The monoisotopic (exact) mass is 350 g/mol. The Balaban J connectivity index is 1.53. The molecule has 1 saturated heterocycles. The molecule has 1 fully saturated rings. The number of hydrogen-bond acceptors (Lipinski definition) is 6.